The number of imide groups is 1. The maximum atomic E-state index is 12.8. The molecule has 0 bridgehead atoms. The summed E-state index contributed by atoms with van der Waals surface area (Å²) in [6, 6.07) is 4.54. The summed E-state index contributed by atoms with van der Waals surface area (Å²) in [6.45, 7) is 5.92. The first kappa shape index (κ1) is 19.4. The van der Waals surface area contributed by atoms with Gasteiger partial charge in [-0.25, -0.2) is 13.2 Å². The molecule has 2 rings (SSSR count). The van der Waals surface area contributed by atoms with Gasteiger partial charge in [-0.15, -0.1) is 0 Å². The summed E-state index contributed by atoms with van der Waals surface area (Å²) in [5.41, 5.74) is 6.53. The van der Waals surface area contributed by atoms with Gasteiger partial charge < -0.3 is 10.6 Å². The van der Waals surface area contributed by atoms with Gasteiger partial charge >= 0.3 is 6.03 Å². The molecule has 0 unspecified atom stereocenters. The maximum Gasteiger partial charge on any atom is 0.318 e. The van der Waals surface area contributed by atoms with Crippen LogP contribution in [0.5, 0.6) is 0 Å². The van der Waals surface area contributed by atoms with E-state index in [2.05, 4.69) is 0 Å². The number of benzene rings is 1. The number of nitrogens with zero attached hydrogens (tertiary/aromatic N) is 2. The average molecular weight is 368 g/mol. The third-order valence-corrected chi connectivity index (χ3v) is 6.25. The Kier molecular flexibility index (Phi) is 6.15. The summed E-state index contributed by atoms with van der Waals surface area (Å²) in [6.07, 6.45) is 0.146. The summed E-state index contributed by atoms with van der Waals surface area (Å²) in [5.74, 6) is -0.432. The molecule has 1 saturated heterocycles. The van der Waals surface area contributed by atoms with E-state index >= 15 is 0 Å². The van der Waals surface area contributed by atoms with Crippen molar-refractivity contribution in [2.45, 2.75) is 25.2 Å². The maximum absolute atomic E-state index is 12.8. The van der Waals surface area contributed by atoms with E-state index in [0.29, 0.717) is 37.6 Å². The van der Waals surface area contributed by atoms with E-state index in [4.69, 9.17) is 5.73 Å². The Labute approximate surface area is 148 Å². The molecule has 3 N–H and O–H groups in total. The van der Waals surface area contributed by atoms with Crippen molar-refractivity contribution in [2.24, 2.45) is 5.73 Å². The van der Waals surface area contributed by atoms with Crippen molar-refractivity contribution in [1.29, 1.82) is 0 Å². The lowest BCUT2D eigenvalue weighted by molar-refractivity contribution is -0.120. The number of aryl methyl sites for hydroxylation is 2. The third-order valence-electron chi connectivity index (χ3n) is 4.21. The quantitative estimate of drug-likeness (QED) is 0.771. The van der Waals surface area contributed by atoms with Crippen LogP contribution < -0.4 is 11.1 Å². The molecule has 1 heterocycles. The van der Waals surface area contributed by atoms with Crippen LogP contribution in [-0.2, 0) is 14.8 Å². The molecule has 0 radical (unpaired) electrons. The molecule has 1 aromatic carbocycles. The van der Waals surface area contributed by atoms with Crippen molar-refractivity contribution >= 4 is 22.0 Å². The largest absolute Gasteiger partial charge is 0.351 e. The average Bonchev–Trinajstić information content (AvgIpc) is 2.55. The van der Waals surface area contributed by atoms with Crippen molar-refractivity contribution in [3.63, 3.8) is 0 Å². The van der Waals surface area contributed by atoms with Crippen molar-refractivity contribution < 1.29 is 18.0 Å². The van der Waals surface area contributed by atoms with Gasteiger partial charge in [0.25, 0.3) is 0 Å². The number of carbonyl (C=O) groups excluding carboxylic acids is 2. The zero-order valence-corrected chi connectivity index (χ0v) is 15.3. The number of piperazine rings is 1. The summed E-state index contributed by atoms with van der Waals surface area (Å²) < 4.78 is 27.2. The van der Waals surface area contributed by atoms with Gasteiger partial charge in [-0.05, 0) is 31.0 Å². The monoisotopic (exact) mass is 368 g/mol. The smallest absolute Gasteiger partial charge is 0.318 e. The predicted molar refractivity (Wildman–Crippen MR) is 93.5 cm³/mol. The Morgan fingerprint density at radius 3 is 2.40 bits per heavy atom. The van der Waals surface area contributed by atoms with E-state index < -0.39 is 22.0 Å². The van der Waals surface area contributed by atoms with Crippen LogP contribution in [0.25, 0.3) is 0 Å². The second kappa shape index (κ2) is 7.94. The Hall–Kier alpha value is -1.97. The number of hydrogen-bond acceptors (Lipinski definition) is 5. The lowest BCUT2D eigenvalue weighted by Crippen LogP contribution is -2.49. The van der Waals surface area contributed by atoms with Crippen molar-refractivity contribution in [2.75, 3.05) is 32.7 Å². The molecule has 1 aliphatic heterocycles. The number of rotatable bonds is 5. The number of carbonyl (C=O) groups is 2. The molecule has 1 aromatic rings. The minimum atomic E-state index is -3.52. The number of amides is 3. The van der Waals surface area contributed by atoms with E-state index in [1.54, 1.807) is 13.0 Å². The summed E-state index contributed by atoms with van der Waals surface area (Å²) in [4.78, 5) is 24.4. The van der Waals surface area contributed by atoms with Crippen LogP contribution >= 0.6 is 0 Å². The van der Waals surface area contributed by atoms with E-state index in [1.165, 1.54) is 4.31 Å². The highest BCUT2D eigenvalue weighted by Crippen LogP contribution is 2.22. The molecule has 0 atom stereocenters. The zero-order chi connectivity index (χ0) is 18.6. The highest BCUT2D eigenvalue weighted by Gasteiger charge is 2.29. The Balaban J connectivity index is 1.94. The second-order valence-electron chi connectivity index (χ2n) is 6.18. The van der Waals surface area contributed by atoms with Crippen LogP contribution in [0.15, 0.2) is 23.1 Å². The normalized spacial score (nSPS) is 16.6. The fourth-order valence-electron chi connectivity index (χ4n) is 2.78. The summed E-state index contributed by atoms with van der Waals surface area (Å²) in [5, 5.41) is 2.02. The third kappa shape index (κ3) is 5.00. The van der Waals surface area contributed by atoms with Gasteiger partial charge in [0.2, 0.25) is 15.9 Å². The molecule has 138 valence electrons. The van der Waals surface area contributed by atoms with Crippen LogP contribution in [0, 0.1) is 13.8 Å². The van der Waals surface area contributed by atoms with Gasteiger partial charge in [0.15, 0.2) is 0 Å². The molecule has 8 nitrogen and oxygen atoms in total. The molecule has 9 heteroatoms. The molecule has 0 saturated carbocycles. The zero-order valence-electron chi connectivity index (χ0n) is 14.5. The molecule has 3 amide bonds. The van der Waals surface area contributed by atoms with Crippen molar-refractivity contribution in [3.05, 3.63) is 29.3 Å². The molecule has 0 spiro atoms. The minimum absolute atomic E-state index is 0.146. The van der Waals surface area contributed by atoms with Gasteiger partial charge in [-0.1, -0.05) is 12.1 Å². The van der Waals surface area contributed by atoms with Crippen molar-refractivity contribution in [3.8, 4) is 0 Å². The first-order valence-corrected chi connectivity index (χ1v) is 9.53. The first-order valence-electron chi connectivity index (χ1n) is 8.09. The molecule has 1 aliphatic rings. The molecule has 25 heavy (non-hydrogen) atoms. The lowest BCUT2D eigenvalue weighted by atomic mass is 10.2. The number of nitrogens with one attached hydrogen (secondary N) is 1. The standard InChI is InChI=1S/C16H24N4O4S/c1-12-3-4-13(2)14(11-12)25(23,24)20-9-7-19(8-10-20)6-5-15(21)18-16(17)22/h3-4,11H,5-10H2,1-2H3,(H3,17,18,21,22). The van der Waals surface area contributed by atoms with Gasteiger partial charge in [0.1, 0.15) is 0 Å². The highest BCUT2D eigenvalue weighted by atomic mass is 32.2. The lowest BCUT2D eigenvalue weighted by Gasteiger charge is -2.34. The van der Waals surface area contributed by atoms with Gasteiger partial charge in [-0.2, -0.15) is 4.31 Å². The van der Waals surface area contributed by atoms with E-state index in [9.17, 15) is 18.0 Å². The SMILES string of the molecule is Cc1ccc(C)c(S(=O)(=O)N2CCN(CCC(=O)NC(N)=O)CC2)c1. The molecule has 0 aliphatic carbocycles. The second-order valence-corrected chi connectivity index (χ2v) is 8.08. The number of urea groups is 1. The predicted octanol–water partition coefficient (Wildman–Crippen LogP) is 0.195. The minimum Gasteiger partial charge on any atom is -0.351 e. The Bertz CT molecular complexity index is 755. The van der Waals surface area contributed by atoms with E-state index in [0.717, 1.165) is 11.1 Å². The van der Waals surface area contributed by atoms with Crippen molar-refractivity contribution in [1.82, 2.24) is 14.5 Å². The molecule has 1 fully saturated rings. The number of hydrogen-bond donors (Lipinski definition) is 2. The van der Waals surface area contributed by atoms with Crippen LogP contribution in [-0.4, -0.2) is 62.3 Å². The molecular formula is C16H24N4O4S. The summed E-state index contributed by atoms with van der Waals surface area (Å²) >= 11 is 0. The summed E-state index contributed by atoms with van der Waals surface area (Å²) in [7, 11) is -3.52. The van der Waals surface area contributed by atoms with Gasteiger partial charge in [-0.3, -0.25) is 10.1 Å². The highest BCUT2D eigenvalue weighted by molar-refractivity contribution is 7.89. The topological polar surface area (TPSA) is 113 Å². The number of sulfonamides is 1. The Morgan fingerprint density at radius 1 is 1.16 bits per heavy atom. The molecule has 0 aromatic heterocycles. The van der Waals surface area contributed by atoms with Gasteiger partial charge in [0.05, 0.1) is 4.90 Å². The van der Waals surface area contributed by atoms with Crippen LogP contribution in [0.3, 0.4) is 0 Å². The fourth-order valence-corrected chi connectivity index (χ4v) is 4.51. The fraction of sp³-hybridized carbons (Fsp3) is 0.500. The first-order chi connectivity index (χ1) is 11.7. The van der Waals surface area contributed by atoms with E-state index in [1.807, 2.05) is 29.3 Å². The van der Waals surface area contributed by atoms with Gasteiger partial charge in [0, 0.05) is 39.1 Å². The molecular weight excluding hydrogens is 344 g/mol. The van der Waals surface area contributed by atoms with E-state index in [-0.39, 0.29) is 6.42 Å². The number of nitrogens with two attached hydrogens (primary N) is 1. The van der Waals surface area contributed by atoms with Crippen LogP contribution in [0.1, 0.15) is 17.5 Å². The Morgan fingerprint density at radius 2 is 1.80 bits per heavy atom. The number of primary amides is 1. The van der Waals surface area contributed by atoms with Crippen LogP contribution in [0.4, 0.5) is 4.79 Å². The van der Waals surface area contributed by atoms with Crippen LogP contribution in [0.2, 0.25) is 0 Å².